The minimum absolute atomic E-state index is 0.0201. The van der Waals surface area contributed by atoms with E-state index in [1.54, 1.807) is 24.3 Å². The van der Waals surface area contributed by atoms with Crippen LogP contribution in [-0.4, -0.2) is 39.7 Å². The standard InChI is InChI=1S/C22H27N3O6S/c1-3-32(28,29)25-19-9-7-16(14-20(19)30-2)23-21(26)5-4-12-31-17-8-10-18-15(13-17)6-11-22(27)24-18/h7-10,13-14,25H,3-6,11-12H2,1-2H3,(H,23,26)(H,24,27). The lowest BCUT2D eigenvalue weighted by atomic mass is 10.0. The van der Waals surface area contributed by atoms with Crippen molar-refractivity contribution in [1.82, 2.24) is 0 Å². The van der Waals surface area contributed by atoms with Gasteiger partial charge in [0.05, 0.1) is 25.2 Å². The highest BCUT2D eigenvalue weighted by Crippen LogP contribution is 2.29. The van der Waals surface area contributed by atoms with E-state index in [0.29, 0.717) is 48.7 Å². The number of anilines is 3. The van der Waals surface area contributed by atoms with Crippen LogP contribution in [0.4, 0.5) is 17.1 Å². The van der Waals surface area contributed by atoms with Gasteiger partial charge < -0.3 is 20.1 Å². The van der Waals surface area contributed by atoms with Gasteiger partial charge in [-0.2, -0.15) is 0 Å². The second kappa shape index (κ2) is 10.4. The van der Waals surface area contributed by atoms with E-state index in [9.17, 15) is 18.0 Å². The van der Waals surface area contributed by atoms with Gasteiger partial charge in [-0.1, -0.05) is 0 Å². The fourth-order valence-electron chi connectivity index (χ4n) is 3.19. The first-order chi connectivity index (χ1) is 15.3. The molecule has 0 aromatic heterocycles. The Hall–Kier alpha value is -3.27. The van der Waals surface area contributed by atoms with E-state index in [2.05, 4.69) is 15.4 Å². The van der Waals surface area contributed by atoms with Gasteiger partial charge in [-0.15, -0.1) is 0 Å². The number of methoxy groups -OCH3 is 1. The summed E-state index contributed by atoms with van der Waals surface area (Å²) in [7, 11) is -2.01. The van der Waals surface area contributed by atoms with Gasteiger partial charge in [0, 0.05) is 30.3 Å². The quantitative estimate of drug-likeness (QED) is 0.467. The molecule has 1 aliphatic rings. The van der Waals surface area contributed by atoms with Crippen LogP contribution in [0.15, 0.2) is 36.4 Å². The van der Waals surface area contributed by atoms with Crippen LogP contribution >= 0.6 is 0 Å². The van der Waals surface area contributed by atoms with Crippen molar-refractivity contribution in [3.63, 3.8) is 0 Å². The Bertz CT molecular complexity index is 1100. The lowest BCUT2D eigenvalue weighted by Gasteiger charge is -2.17. The average molecular weight is 462 g/mol. The van der Waals surface area contributed by atoms with Crippen LogP contribution in [0.1, 0.15) is 31.7 Å². The van der Waals surface area contributed by atoms with Crippen molar-refractivity contribution in [3.05, 3.63) is 42.0 Å². The zero-order valence-electron chi connectivity index (χ0n) is 18.1. The highest BCUT2D eigenvalue weighted by molar-refractivity contribution is 7.92. The third kappa shape index (κ3) is 6.36. The van der Waals surface area contributed by atoms with Gasteiger partial charge in [0.1, 0.15) is 11.5 Å². The van der Waals surface area contributed by atoms with Crippen LogP contribution in [0.25, 0.3) is 0 Å². The number of hydrogen-bond donors (Lipinski definition) is 3. The Balaban J connectivity index is 1.47. The number of ether oxygens (including phenoxy) is 2. The first-order valence-corrected chi connectivity index (χ1v) is 12.0. The molecule has 32 heavy (non-hydrogen) atoms. The van der Waals surface area contributed by atoms with E-state index in [0.717, 1.165) is 11.3 Å². The summed E-state index contributed by atoms with van der Waals surface area (Å²) in [4.78, 5) is 23.7. The average Bonchev–Trinajstić information content (AvgIpc) is 2.77. The first-order valence-electron chi connectivity index (χ1n) is 10.3. The predicted octanol–water partition coefficient (Wildman–Crippen LogP) is 3.14. The molecule has 0 bridgehead atoms. The molecule has 2 aromatic rings. The number of hydrogen-bond acceptors (Lipinski definition) is 6. The number of nitrogens with one attached hydrogen (secondary N) is 3. The Labute approximate surface area is 187 Å². The summed E-state index contributed by atoms with van der Waals surface area (Å²) in [6, 6.07) is 10.3. The maximum absolute atomic E-state index is 12.2. The van der Waals surface area contributed by atoms with Crippen LogP contribution < -0.4 is 24.8 Å². The molecule has 2 amide bonds. The fraction of sp³-hybridized carbons (Fsp3) is 0.364. The maximum Gasteiger partial charge on any atom is 0.232 e. The largest absolute Gasteiger partial charge is 0.494 e. The predicted molar refractivity (Wildman–Crippen MR) is 123 cm³/mol. The smallest absolute Gasteiger partial charge is 0.232 e. The third-order valence-electron chi connectivity index (χ3n) is 4.92. The molecule has 0 saturated heterocycles. The molecule has 3 N–H and O–H groups in total. The van der Waals surface area contributed by atoms with Crippen LogP contribution in [-0.2, 0) is 26.0 Å². The molecular weight excluding hydrogens is 434 g/mol. The Morgan fingerprint density at radius 3 is 2.72 bits per heavy atom. The molecule has 10 heteroatoms. The molecular formula is C22H27N3O6S. The first kappa shape index (κ1) is 23.4. The maximum atomic E-state index is 12.2. The lowest BCUT2D eigenvalue weighted by Crippen LogP contribution is -2.18. The molecule has 9 nitrogen and oxygen atoms in total. The van der Waals surface area contributed by atoms with Crippen molar-refractivity contribution < 1.29 is 27.5 Å². The molecule has 1 heterocycles. The zero-order chi connectivity index (χ0) is 23.1. The van der Waals surface area contributed by atoms with E-state index in [1.807, 2.05) is 12.1 Å². The molecule has 0 radical (unpaired) electrons. The van der Waals surface area contributed by atoms with Crippen molar-refractivity contribution in [2.75, 3.05) is 34.8 Å². The van der Waals surface area contributed by atoms with Crippen molar-refractivity contribution in [2.24, 2.45) is 0 Å². The fourth-order valence-corrected chi connectivity index (χ4v) is 3.84. The molecule has 1 aliphatic heterocycles. The van der Waals surface area contributed by atoms with Gasteiger partial charge in [-0.25, -0.2) is 8.42 Å². The van der Waals surface area contributed by atoms with Gasteiger partial charge in [0.15, 0.2) is 0 Å². The van der Waals surface area contributed by atoms with E-state index in [4.69, 9.17) is 9.47 Å². The van der Waals surface area contributed by atoms with Crippen molar-refractivity contribution in [2.45, 2.75) is 32.6 Å². The molecule has 2 aromatic carbocycles. The molecule has 3 rings (SSSR count). The normalized spacial score (nSPS) is 13.0. The second-order valence-electron chi connectivity index (χ2n) is 7.29. The molecule has 172 valence electrons. The van der Waals surface area contributed by atoms with Crippen LogP contribution in [0, 0.1) is 0 Å². The number of amides is 2. The minimum atomic E-state index is -3.44. The van der Waals surface area contributed by atoms with Crippen LogP contribution in [0.3, 0.4) is 0 Å². The Morgan fingerprint density at radius 1 is 1.16 bits per heavy atom. The number of aryl methyl sites for hydroxylation is 1. The van der Waals surface area contributed by atoms with E-state index in [1.165, 1.54) is 14.0 Å². The SMILES string of the molecule is CCS(=O)(=O)Nc1ccc(NC(=O)CCCOc2ccc3c(c2)CCC(=O)N3)cc1OC. The minimum Gasteiger partial charge on any atom is -0.494 e. The van der Waals surface area contributed by atoms with Crippen molar-refractivity contribution in [3.8, 4) is 11.5 Å². The van der Waals surface area contributed by atoms with E-state index < -0.39 is 10.0 Å². The van der Waals surface area contributed by atoms with Gasteiger partial charge in [-0.05, 0) is 55.7 Å². The number of fused-ring (bicyclic) bond motifs is 1. The topological polar surface area (TPSA) is 123 Å². The zero-order valence-corrected chi connectivity index (χ0v) is 18.9. The summed E-state index contributed by atoms with van der Waals surface area (Å²) < 4.78 is 36.9. The monoisotopic (exact) mass is 461 g/mol. The van der Waals surface area contributed by atoms with E-state index >= 15 is 0 Å². The lowest BCUT2D eigenvalue weighted by molar-refractivity contribution is -0.117. The van der Waals surface area contributed by atoms with Crippen LogP contribution in [0.5, 0.6) is 11.5 Å². The van der Waals surface area contributed by atoms with Gasteiger partial charge in [0.2, 0.25) is 21.8 Å². The van der Waals surface area contributed by atoms with Gasteiger partial charge in [-0.3, -0.25) is 14.3 Å². The molecule has 0 aliphatic carbocycles. The summed E-state index contributed by atoms with van der Waals surface area (Å²) in [5.74, 6) is 0.790. The summed E-state index contributed by atoms with van der Waals surface area (Å²) in [6.07, 6.45) is 1.93. The van der Waals surface area contributed by atoms with Gasteiger partial charge >= 0.3 is 0 Å². The summed E-state index contributed by atoms with van der Waals surface area (Å²) in [5.41, 5.74) is 2.67. The van der Waals surface area contributed by atoms with Crippen molar-refractivity contribution >= 4 is 38.9 Å². The number of carbonyl (C=O) groups is 2. The van der Waals surface area contributed by atoms with E-state index in [-0.39, 0.29) is 24.0 Å². The number of carbonyl (C=O) groups excluding carboxylic acids is 2. The Morgan fingerprint density at radius 2 is 1.97 bits per heavy atom. The number of benzene rings is 2. The molecule has 0 unspecified atom stereocenters. The third-order valence-corrected chi connectivity index (χ3v) is 6.21. The van der Waals surface area contributed by atoms with Gasteiger partial charge in [0.25, 0.3) is 0 Å². The van der Waals surface area contributed by atoms with Crippen molar-refractivity contribution in [1.29, 1.82) is 0 Å². The summed E-state index contributed by atoms with van der Waals surface area (Å²) in [6.45, 7) is 1.91. The molecule has 0 fully saturated rings. The summed E-state index contributed by atoms with van der Waals surface area (Å²) in [5, 5.41) is 5.60. The highest BCUT2D eigenvalue weighted by atomic mass is 32.2. The summed E-state index contributed by atoms with van der Waals surface area (Å²) >= 11 is 0. The number of rotatable bonds is 10. The highest BCUT2D eigenvalue weighted by Gasteiger charge is 2.15. The number of sulfonamides is 1. The molecule has 0 spiro atoms. The van der Waals surface area contributed by atoms with Crippen LogP contribution in [0.2, 0.25) is 0 Å². The molecule has 0 saturated carbocycles. The second-order valence-corrected chi connectivity index (χ2v) is 9.30. The molecule has 0 atom stereocenters. The Kier molecular flexibility index (Phi) is 7.57.